The van der Waals surface area contributed by atoms with Crippen LogP contribution in [-0.2, 0) is 16.4 Å². The van der Waals surface area contributed by atoms with Crippen LogP contribution in [0.2, 0.25) is 5.02 Å². The maximum Gasteiger partial charge on any atom is 0.234 e. The molecule has 30 heavy (non-hydrogen) atoms. The Morgan fingerprint density at radius 2 is 1.60 bits per heavy atom. The SMILES string of the molecule is O=S(=O)(c1ccccc1F)c1nc(-c2ccc(Cl)cc2)oc1NCc1ccccc1. The first-order valence-corrected chi connectivity index (χ1v) is 10.9. The summed E-state index contributed by atoms with van der Waals surface area (Å²) in [5.41, 5.74) is 1.45. The average molecular weight is 443 g/mol. The molecule has 0 saturated carbocycles. The van der Waals surface area contributed by atoms with Crippen molar-refractivity contribution in [2.75, 3.05) is 5.32 Å². The highest BCUT2D eigenvalue weighted by atomic mass is 35.5. The molecule has 0 aliphatic carbocycles. The second-order valence-corrected chi connectivity index (χ2v) is 8.70. The predicted octanol–water partition coefficient (Wildman–Crippen LogP) is 5.58. The number of rotatable bonds is 6. The van der Waals surface area contributed by atoms with E-state index in [1.54, 1.807) is 24.3 Å². The van der Waals surface area contributed by atoms with Gasteiger partial charge in [0.25, 0.3) is 0 Å². The maximum absolute atomic E-state index is 14.3. The van der Waals surface area contributed by atoms with Crippen LogP contribution in [0, 0.1) is 5.82 Å². The first-order valence-electron chi connectivity index (χ1n) is 8.99. The van der Waals surface area contributed by atoms with Crippen LogP contribution in [0.5, 0.6) is 0 Å². The molecule has 0 aliphatic heterocycles. The van der Waals surface area contributed by atoms with Crippen LogP contribution in [0.3, 0.4) is 0 Å². The second-order valence-electron chi connectivity index (χ2n) is 6.43. The molecular weight excluding hydrogens is 427 g/mol. The fraction of sp³-hybridized carbons (Fsp3) is 0.0455. The molecule has 8 heteroatoms. The van der Waals surface area contributed by atoms with Crippen LogP contribution in [0.4, 0.5) is 10.3 Å². The van der Waals surface area contributed by atoms with Gasteiger partial charge in [-0.2, -0.15) is 4.98 Å². The van der Waals surface area contributed by atoms with Gasteiger partial charge in [-0.15, -0.1) is 0 Å². The summed E-state index contributed by atoms with van der Waals surface area (Å²) >= 11 is 5.92. The predicted molar refractivity (Wildman–Crippen MR) is 113 cm³/mol. The van der Waals surface area contributed by atoms with Gasteiger partial charge >= 0.3 is 0 Å². The molecule has 152 valence electrons. The zero-order valence-electron chi connectivity index (χ0n) is 15.5. The maximum atomic E-state index is 14.3. The van der Waals surface area contributed by atoms with Gasteiger partial charge in [-0.1, -0.05) is 54.1 Å². The van der Waals surface area contributed by atoms with Gasteiger partial charge in [0.15, 0.2) is 0 Å². The molecule has 0 saturated heterocycles. The lowest BCUT2D eigenvalue weighted by Gasteiger charge is -2.07. The second kappa shape index (κ2) is 8.30. The molecule has 0 unspecified atom stereocenters. The molecular formula is C22H16ClFN2O3S. The highest BCUT2D eigenvalue weighted by Crippen LogP contribution is 2.33. The zero-order valence-corrected chi connectivity index (χ0v) is 17.1. The van der Waals surface area contributed by atoms with E-state index in [2.05, 4.69) is 10.3 Å². The standard InChI is InChI=1S/C22H16ClFN2O3S/c23-17-12-10-16(11-13-17)20-26-22(30(27,28)19-9-5-4-8-18(19)24)21(29-20)25-14-15-6-2-1-3-7-15/h1-13,25H,14H2. The lowest BCUT2D eigenvalue weighted by molar-refractivity contribution is 0.562. The summed E-state index contributed by atoms with van der Waals surface area (Å²) in [6.45, 7) is 0.301. The normalized spacial score (nSPS) is 11.4. The highest BCUT2D eigenvalue weighted by molar-refractivity contribution is 7.91. The molecule has 4 rings (SSSR count). The number of hydrogen-bond acceptors (Lipinski definition) is 5. The van der Waals surface area contributed by atoms with Crippen molar-refractivity contribution in [2.24, 2.45) is 0 Å². The summed E-state index contributed by atoms with van der Waals surface area (Å²) in [4.78, 5) is 3.72. The van der Waals surface area contributed by atoms with E-state index in [4.69, 9.17) is 16.0 Å². The number of nitrogens with one attached hydrogen (secondary N) is 1. The Bertz CT molecular complexity index is 1270. The monoisotopic (exact) mass is 442 g/mol. The minimum absolute atomic E-state index is 0.0629. The van der Waals surface area contributed by atoms with Gasteiger partial charge in [0.2, 0.25) is 26.6 Å². The van der Waals surface area contributed by atoms with Crippen molar-refractivity contribution in [1.29, 1.82) is 0 Å². The van der Waals surface area contributed by atoms with Crippen LogP contribution >= 0.6 is 11.6 Å². The summed E-state index contributed by atoms with van der Waals surface area (Å²) in [7, 11) is -4.27. The molecule has 1 heterocycles. The topological polar surface area (TPSA) is 72.2 Å². The molecule has 1 aromatic heterocycles. The Labute approximate surface area is 178 Å². The Morgan fingerprint density at radius 1 is 0.933 bits per heavy atom. The fourth-order valence-electron chi connectivity index (χ4n) is 2.86. The largest absolute Gasteiger partial charge is 0.419 e. The Morgan fingerprint density at radius 3 is 2.30 bits per heavy atom. The summed E-state index contributed by atoms with van der Waals surface area (Å²) in [6, 6.07) is 21.1. The molecule has 0 atom stereocenters. The van der Waals surface area contributed by atoms with E-state index in [0.717, 1.165) is 11.6 Å². The van der Waals surface area contributed by atoms with Crippen molar-refractivity contribution < 1.29 is 17.2 Å². The third-order valence-corrected chi connectivity index (χ3v) is 6.31. The average Bonchev–Trinajstić information content (AvgIpc) is 3.19. The van der Waals surface area contributed by atoms with E-state index in [0.29, 0.717) is 17.1 Å². The van der Waals surface area contributed by atoms with Crippen LogP contribution in [0.15, 0.2) is 93.2 Å². The number of sulfone groups is 1. The lowest BCUT2D eigenvalue weighted by atomic mass is 10.2. The van der Waals surface area contributed by atoms with Gasteiger partial charge in [0.05, 0.1) is 0 Å². The van der Waals surface area contributed by atoms with Gasteiger partial charge in [-0.25, -0.2) is 12.8 Å². The Hall–Kier alpha value is -3.16. The number of halogens is 2. The first kappa shape index (κ1) is 20.1. The quantitative estimate of drug-likeness (QED) is 0.422. The van der Waals surface area contributed by atoms with Crippen LogP contribution < -0.4 is 5.32 Å². The Kier molecular flexibility index (Phi) is 5.57. The molecule has 5 nitrogen and oxygen atoms in total. The molecule has 0 radical (unpaired) electrons. The summed E-state index contributed by atoms with van der Waals surface area (Å²) in [5.74, 6) is -0.841. The van der Waals surface area contributed by atoms with Crippen LogP contribution in [-0.4, -0.2) is 13.4 Å². The number of benzene rings is 3. The van der Waals surface area contributed by atoms with Crippen molar-refractivity contribution in [1.82, 2.24) is 4.98 Å². The molecule has 0 spiro atoms. The number of oxazole rings is 1. The Balaban J connectivity index is 1.79. The van der Waals surface area contributed by atoms with Crippen molar-refractivity contribution in [3.05, 3.63) is 95.3 Å². The number of hydrogen-bond donors (Lipinski definition) is 1. The molecule has 0 fully saturated rings. The molecule has 3 aromatic carbocycles. The van der Waals surface area contributed by atoms with E-state index in [9.17, 15) is 12.8 Å². The fourth-order valence-corrected chi connectivity index (χ4v) is 4.34. The number of nitrogens with zero attached hydrogens (tertiary/aromatic N) is 1. The molecule has 0 amide bonds. The number of anilines is 1. The van der Waals surface area contributed by atoms with Crippen molar-refractivity contribution >= 4 is 27.3 Å². The van der Waals surface area contributed by atoms with Gasteiger partial charge in [0.1, 0.15) is 10.7 Å². The van der Waals surface area contributed by atoms with Crippen LogP contribution in [0.25, 0.3) is 11.5 Å². The third-order valence-electron chi connectivity index (χ3n) is 4.36. The molecule has 0 aliphatic rings. The van der Waals surface area contributed by atoms with Gasteiger partial charge < -0.3 is 9.73 Å². The summed E-state index contributed by atoms with van der Waals surface area (Å²) in [5, 5.41) is 3.11. The summed E-state index contributed by atoms with van der Waals surface area (Å²) < 4.78 is 46.3. The van der Waals surface area contributed by atoms with E-state index in [-0.39, 0.29) is 16.8 Å². The van der Waals surface area contributed by atoms with Crippen molar-refractivity contribution in [2.45, 2.75) is 16.5 Å². The van der Waals surface area contributed by atoms with Gasteiger partial charge in [0, 0.05) is 17.1 Å². The van der Waals surface area contributed by atoms with E-state index in [1.165, 1.54) is 18.2 Å². The molecule has 1 N–H and O–H groups in total. The van der Waals surface area contributed by atoms with E-state index in [1.807, 2.05) is 30.3 Å². The summed E-state index contributed by atoms with van der Waals surface area (Å²) in [6.07, 6.45) is 0. The minimum Gasteiger partial charge on any atom is -0.419 e. The van der Waals surface area contributed by atoms with E-state index >= 15 is 0 Å². The lowest BCUT2D eigenvalue weighted by Crippen LogP contribution is -2.09. The first-order chi connectivity index (χ1) is 14.4. The highest BCUT2D eigenvalue weighted by Gasteiger charge is 2.30. The smallest absolute Gasteiger partial charge is 0.234 e. The zero-order chi connectivity index (χ0) is 21.1. The van der Waals surface area contributed by atoms with Crippen LogP contribution in [0.1, 0.15) is 5.56 Å². The minimum atomic E-state index is -4.27. The third kappa shape index (κ3) is 4.08. The molecule has 4 aromatic rings. The molecule has 0 bridgehead atoms. The van der Waals surface area contributed by atoms with Gasteiger partial charge in [-0.05, 0) is 42.0 Å². The van der Waals surface area contributed by atoms with Crippen molar-refractivity contribution in [3.8, 4) is 11.5 Å². The van der Waals surface area contributed by atoms with Crippen molar-refractivity contribution in [3.63, 3.8) is 0 Å². The van der Waals surface area contributed by atoms with Gasteiger partial charge in [-0.3, -0.25) is 0 Å². The van der Waals surface area contributed by atoms with E-state index < -0.39 is 20.5 Å². The number of aromatic nitrogens is 1.